The highest BCUT2D eigenvalue weighted by Gasteiger charge is 2.32. The average Bonchev–Trinajstić information content (AvgIpc) is 3.29. The van der Waals surface area contributed by atoms with Gasteiger partial charge in [0.1, 0.15) is 23.6 Å². The maximum absolute atomic E-state index is 13.7. The molecule has 2 heterocycles. The van der Waals surface area contributed by atoms with E-state index in [0.717, 1.165) is 23.1 Å². The molecular weight excluding hydrogens is 368 g/mol. The highest BCUT2D eigenvalue weighted by Crippen LogP contribution is 2.27. The number of anilines is 2. The molecule has 0 spiro atoms. The van der Waals surface area contributed by atoms with Crippen molar-refractivity contribution in [2.75, 3.05) is 10.2 Å². The van der Waals surface area contributed by atoms with Crippen molar-refractivity contribution in [3.63, 3.8) is 0 Å². The topological polar surface area (TPSA) is 75.4 Å². The number of nitrogens with zero attached hydrogens (tertiary/aromatic N) is 2. The van der Waals surface area contributed by atoms with E-state index in [0.29, 0.717) is 17.1 Å². The molecule has 6 nitrogen and oxygen atoms in total. The van der Waals surface area contributed by atoms with Crippen molar-refractivity contribution < 1.29 is 22.8 Å². The van der Waals surface area contributed by atoms with Crippen molar-refractivity contribution in [2.24, 2.45) is 0 Å². The summed E-state index contributed by atoms with van der Waals surface area (Å²) >= 11 is 0. The van der Waals surface area contributed by atoms with Crippen LogP contribution < -0.4 is 10.2 Å². The Labute approximate surface area is 158 Å². The Bertz CT molecular complexity index is 1080. The van der Waals surface area contributed by atoms with Crippen LogP contribution in [-0.4, -0.2) is 16.8 Å². The van der Waals surface area contributed by atoms with Crippen LogP contribution >= 0.6 is 0 Å². The summed E-state index contributed by atoms with van der Waals surface area (Å²) in [5, 5.41) is 2.61. The van der Waals surface area contributed by atoms with Crippen LogP contribution in [0.25, 0.3) is 11.5 Å². The molecule has 0 unspecified atom stereocenters. The minimum absolute atomic E-state index is 0.0362. The quantitative estimate of drug-likeness (QED) is 0.696. The van der Waals surface area contributed by atoms with Gasteiger partial charge in [-0.3, -0.25) is 9.59 Å². The standard InChI is InChI=1S/C20H13F2N3O3/c1-11-15(21)8-13(9-16(11)22)24-17-10-18(26)25(20(17)27)14-4-2-12(3-5-14)19-23-6-7-28-19/h2-10,24H,1H3. The Kier molecular flexibility index (Phi) is 4.23. The molecule has 4 rings (SSSR count). The van der Waals surface area contributed by atoms with Crippen LogP contribution in [0.2, 0.25) is 0 Å². The van der Waals surface area contributed by atoms with Gasteiger partial charge in [0.2, 0.25) is 5.89 Å². The number of amides is 2. The van der Waals surface area contributed by atoms with E-state index in [9.17, 15) is 18.4 Å². The summed E-state index contributed by atoms with van der Waals surface area (Å²) < 4.78 is 32.6. The summed E-state index contributed by atoms with van der Waals surface area (Å²) in [4.78, 5) is 29.9. The predicted molar refractivity (Wildman–Crippen MR) is 97.2 cm³/mol. The molecule has 8 heteroatoms. The van der Waals surface area contributed by atoms with E-state index in [1.54, 1.807) is 24.3 Å². The third-order valence-corrected chi connectivity index (χ3v) is 4.29. The third-order valence-electron chi connectivity index (χ3n) is 4.29. The lowest BCUT2D eigenvalue weighted by atomic mass is 10.2. The summed E-state index contributed by atoms with van der Waals surface area (Å²) in [7, 11) is 0. The minimum Gasteiger partial charge on any atom is -0.445 e. The molecule has 1 aliphatic heterocycles. The fourth-order valence-corrected chi connectivity index (χ4v) is 2.80. The van der Waals surface area contributed by atoms with Gasteiger partial charge in [0.25, 0.3) is 11.8 Å². The van der Waals surface area contributed by atoms with Crippen molar-refractivity contribution in [1.29, 1.82) is 0 Å². The van der Waals surface area contributed by atoms with Crippen molar-refractivity contribution in [1.82, 2.24) is 4.98 Å². The van der Waals surface area contributed by atoms with Gasteiger partial charge >= 0.3 is 0 Å². The van der Waals surface area contributed by atoms with Gasteiger partial charge < -0.3 is 9.73 Å². The number of carbonyl (C=O) groups excluding carboxylic acids is 2. The van der Waals surface area contributed by atoms with Crippen LogP contribution in [-0.2, 0) is 9.59 Å². The van der Waals surface area contributed by atoms with Crippen molar-refractivity contribution in [2.45, 2.75) is 6.92 Å². The second kappa shape index (κ2) is 6.73. The second-order valence-corrected chi connectivity index (χ2v) is 6.11. The first-order valence-corrected chi connectivity index (χ1v) is 8.27. The number of benzene rings is 2. The molecule has 1 aliphatic rings. The van der Waals surface area contributed by atoms with Gasteiger partial charge in [0.15, 0.2) is 0 Å². The zero-order valence-electron chi connectivity index (χ0n) is 14.6. The number of hydrogen-bond acceptors (Lipinski definition) is 5. The van der Waals surface area contributed by atoms with E-state index in [2.05, 4.69) is 10.3 Å². The van der Waals surface area contributed by atoms with Crippen molar-refractivity contribution >= 4 is 23.2 Å². The highest BCUT2D eigenvalue weighted by atomic mass is 19.1. The highest BCUT2D eigenvalue weighted by molar-refractivity contribution is 6.31. The Morgan fingerprint density at radius 2 is 1.75 bits per heavy atom. The molecule has 0 atom stereocenters. The first-order valence-electron chi connectivity index (χ1n) is 8.27. The summed E-state index contributed by atoms with van der Waals surface area (Å²) in [5.74, 6) is -2.29. The fraction of sp³-hybridized carbons (Fsp3) is 0.0500. The predicted octanol–water partition coefficient (Wildman–Crippen LogP) is 3.80. The maximum Gasteiger partial charge on any atom is 0.281 e. The summed E-state index contributed by atoms with van der Waals surface area (Å²) in [6, 6.07) is 8.61. The van der Waals surface area contributed by atoms with E-state index in [-0.39, 0.29) is 16.9 Å². The average molecular weight is 381 g/mol. The van der Waals surface area contributed by atoms with Gasteiger partial charge in [-0.2, -0.15) is 0 Å². The molecule has 0 fully saturated rings. The normalized spacial score (nSPS) is 13.8. The first kappa shape index (κ1) is 17.6. The van der Waals surface area contributed by atoms with E-state index in [4.69, 9.17) is 4.42 Å². The van der Waals surface area contributed by atoms with Gasteiger partial charge in [-0.15, -0.1) is 0 Å². The number of rotatable bonds is 4. The molecule has 2 aromatic carbocycles. The largest absolute Gasteiger partial charge is 0.445 e. The summed E-state index contributed by atoms with van der Waals surface area (Å²) in [6.45, 7) is 1.31. The zero-order valence-corrected chi connectivity index (χ0v) is 14.6. The molecule has 0 bridgehead atoms. The molecule has 140 valence electrons. The zero-order chi connectivity index (χ0) is 19.8. The summed E-state index contributed by atoms with van der Waals surface area (Å²) in [6.07, 6.45) is 4.03. The first-order chi connectivity index (χ1) is 13.4. The molecule has 3 aromatic rings. The van der Waals surface area contributed by atoms with Gasteiger partial charge in [-0.25, -0.2) is 18.7 Å². The van der Waals surface area contributed by atoms with Gasteiger partial charge in [-0.1, -0.05) is 0 Å². The van der Waals surface area contributed by atoms with Gasteiger partial charge in [0, 0.05) is 22.9 Å². The molecule has 0 aliphatic carbocycles. The van der Waals surface area contributed by atoms with Gasteiger partial charge in [-0.05, 0) is 43.3 Å². The molecular formula is C20H13F2N3O3. The number of imide groups is 1. The third kappa shape index (κ3) is 3.05. The number of oxazole rings is 1. The lowest BCUT2D eigenvalue weighted by Crippen LogP contribution is -2.31. The van der Waals surface area contributed by atoms with Crippen molar-refractivity contribution in [3.8, 4) is 11.5 Å². The SMILES string of the molecule is Cc1c(F)cc(NC2=CC(=O)N(c3ccc(-c4ncco4)cc3)C2=O)cc1F. The van der Waals surface area contributed by atoms with Crippen molar-refractivity contribution in [3.05, 3.63) is 77.8 Å². The Morgan fingerprint density at radius 3 is 2.36 bits per heavy atom. The number of carbonyl (C=O) groups is 2. The molecule has 1 N–H and O–H groups in total. The number of nitrogens with one attached hydrogen (secondary N) is 1. The van der Waals surface area contributed by atoms with Crippen LogP contribution in [0.15, 0.2) is 65.0 Å². The lowest BCUT2D eigenvalue weighted by Gasteiger charge is -2.15. The van der Waals surface area contributed by atoms with E-state index < -0.39 is 23.4 Å². The molecule has 1 aromatic heterocycles. The number of halogens is 2. The second-order valence-electron chi connectivity index (χ2n) is 6.11. The van der Waals surface area contributed by atoms with Crippen LogP contribution in [0.1, 0.15) is 5.56 Å². The Balaban J connectivity index is 1.56. The molecule has 0 saturated carbocycles. The van der Waals surface area contributed by atoms with E-state index >= 15 is 0 Å². The Hall–Kier alpha value is -3.81. The number of hydrogen-bond donors (Lipinski definition) is 1. The molecule has 28 heavy (non-hydrogen) atoms. The number of aromatic nitrogens is 1. The van der Waals surface area contributed by atoms with Crippen LogP contribution in [0.4, 0.5) is 20.2 Å². The minimum atomic E-state index is -0.751. The maximum atomic E-state index is 13.7. The Morgan fingerprint density at radius 1 is 1.07 bits per heavy atom. The van der Waals surface area contributed by atoms with Crippen LogP contribution in [0, 0.1) is 18.6 Å². The van der Waals surface area contributed by atoms with Crippen LogP contribution in [0.3, 0.4) is 0 Å². The molecule has 2 amide bonds. The lowest BCUT2D eigenvalue weighted by molar-refractivity contribution is -0.120. The van der Waals surface area contributed by atoms with E-state index in [1.165, 1.54) is 19.4 Å². The monoisotopic (exact) mass is 381 g/mol. The molecule has 0 radical (unpaired) electrons. The smallest absolute Gasteiger partial charge is 0.281 e. The van der Waals surface area contributed by atoms with E-state index in [1.807, 2.05) is 0 Å². The summed E-state index contributed by atoms with van der Waals surface area (Å²) in [5.41, 5.74) is 0.865. The van der Waals surface area contributed by atoms with Crippen LogP contribution in [0.5, 0.6) is 0 Å². The van der Waals surface area contributed by atoms with Gasteiger partial charge in [0.05, 0.1) is 11.9 Å². The fourth-order valence-electron chi connectivity index (χ4n) is 2.80. The molecule has 0 saturated heterocycles.